The maximum Gasteiger partial charge on any atom is 0.273 e. The van der Waals surface area contributed by atoms with Gasteiger partial charge >= 0.3 is 0 Å². The Bertz CT molecular complexity index is 450. The van der Waals surface area contributed by atoms with Crippen LogP contribution in [0.15, 0.2) is 18.2 Å². The van der Waals surface area contributed by atoms with Crippen LogP contribution in [0.1, 0.15) is 25.3 Å². The Morgan fingerprint density at radius 1 is 1.65 bits per heavy atom. The first-order chi connectivity index (χ1) is 7.97. The highest BCUT2D eigenvalue weighted by molar-refractivity contribution is 7.80. The first-order valence-corrected chi connectivity index (χ1v) is 5.86. The minimum atomic E-state index is -0.448. The molecule has 1 atom stereocenters. The highest BCUT2D eigenvalue weighted by Crippen LogP contribution is 2.30. The van der Waals surface area contributed by atoms with Crippen LogP contribution in [0.25, 0.3) is 0 Å². The lowest BCUT2D eigenvalue weighted by atomic mass is 10.00. The van der Waals surface area contributed by atoms with Crippen molar-refractivity contribution >= 4 is 34.6 Å². The summed E-state index contributed by atoms with van der Waals surface area (Å²) in [4.78, 5) is 10.4. The predicted molar refractivity (Wildman–Crippen MR) is 70.7 cm³/mol. The highest BCUT2D eigenvalue weighted by atomic mass is 35.5. The smallest absolute Gasteiger partial charge is 0.273 e. The summed E-state index contributed by atoms with van der Waals surface area (Å²) >= 11 is 10.9. The molecule has 92 valence electrons. The molecule has 6 heteroatoms. The molecule has 4 nitrogen and oxygen atoms in total. The van der Waals surface area contributed by atoms with E-state index in [1.807, 2.05) is 6.92 Å². The van der Waals surface area contributed by atoms with E-state index in [1.54, 1.807) is 13.0 Å². The summed E-state index contributed by atoms with van der Waals surface area (Å²) in [5, 5.41) is 11.7. The van der Waals surface area contributed by atoms with Crippen LogP contribution in [0.5, 0.6) is 0 Å². The van der Waals surface area contributed by atoms with Crippen LogP contribution >= 0.6 is 23.8 Å². The van der Waals surface area contributed by atoms with Gasteiger partial charge in [-0.05, 0) is 31.3 Å². The largest absolute Gasteiger partial charge is 0.487 e. The second kappa shape index (κ2) is 5.93. The van der Waals surface area contributed by atoms with Crippen LogP contribution < -0.4 is 0 Å². The first kappa shape index (κ1) is 13.9. The van der Waals surface area contributed by atoms with Gasteiger partial charge in [0, 0.05) is 16.7 Å². The third-order valence-corrected chi connectivity index (χ3v) is 3.00. The quantitative estimate of drug-likeness (QED) is 0.477. The summed E-state index contributed by atoms with van der Waals surface area (Å²) in [6.45, 7) is 4.01. The molecule has 0 N–H and O–H groups in total. The molecule has 0 aliphatic carbocycles. The van der Waals surface area contributed by atoms with E-state index in [4.69, 9.17) is 28.6 Å². The SMILES string of the molecule is CCOC(=S)C(C)c1cc(Cl)ccc1[N+](=O)[O-]. The highest BCUT2D eigenvalue weighted by Gasteiger charge is 2.22. The topological polar surface area (TPSA) is 52.4 Å². The van der Waals surface area contributed by atoms with E-state index >= 15 is 0 Å². The molecular formula is C11H12ClNO3S. The minimum Gasteiger partial charge on any atom is -0.487 e. The van der Waals surface area contributed by atoms with Gasteiger partial charge in [0.15, 0.2) is 5.05 Å². The van der Waals surface area contributed by atoms with Crippen molar-refractivity contribution in [3.05, 3.63) is 38.9 Å². The van der Waals surface area contributed by atoms with Crippen molar-refractivity contribution in [1.29, 1.82) is 0 Å². The summed E-state index contributed by atoms with van der Waals surface area (Å²) in [6, 6.07) is 4.41. The van der Waals surface area contributed by atoms with Crippen molar-refractivity contribution in [2.24, 2.45) is 0 Å². The van der Waals surface area contributed by atoms with E-state index in [0.717, 1.165) is 0 Å². The Hall–Kier alpha value is -1.20. The number of hydrogen-bond donors (Lipinski definition) is 0. The van der Waals surface area contributed by atoms with Gasteiger partial charge in [0.1, 0.15) is 0 Å². The molecule has 1 rings (SSSR count). The molecule has 0 spiro atoms. The fourth-order valence-corrected chi connectivity index (χ4v) is 1.86. The van der Waals surface area contributed by atoms with E-state index in [1.165, 1.54) is 12.1 Å². The number of nitro groups is 1. The van der Waals surface area contributed by atoms with Gasteiger partial charge in [-0.25, -0.2) is 0 Å². The molecule has 0 bridgehead atoms. The molecule has 0 saturated heterocycles. The van der Waals surface area contributed by atoms with Crippen LogP contribution in [-0.2, 0) is 4.74 Å². The molecule has 1 aromatic carbocycles. The average molecular weight is 274 g/mol. The lowest BCUT2D eigenvalue weighted by molar-refractivity contribution is -0.385. The lowest BCUT2D eigenvalue weighted by Crippen LogP contribution is -2.12. The van der Waals surface area contributed by atoms with E-state index in [2.05, 4.69) is 0 Å². The normalized spacial score (nSPS) is 11.9. The van der Waals surface area contributed by atoms with Crippen molar-refractivity contribution in [2.45, 2.75) is 19.8 Å². The summed E-state index contributed by atoms with van der Waals surface area (Å²) in [5.74, 6) is -0.343. The van der Waals surface area contributed by atoms with Gasteiger partial charge in [-0.2, -0.15) is 0 Å². The van der Waals surface area contributed by atoms with E-state index in [9.17, 15) is 10.1 Å². The van der Waals surface area contributed by atoms with Gasteiger partial charge in [-0.1, -0.05) is 18.5 Å². The number of benzene rings is 1. The molecule has 0 amide bonds. The molecule has 0 aliphatic heterocycles. The first-order valence-electron chi connectivity index (χ1n) is 5.07. The Kier molecular flexibility index (Phi) is 4.84. The van der Waals surface area contributed by atoms with Crippen LogP contribution in [0.4, 0.5) is 5.69 Å². The number of thiocarbonyl (C=S) groups is 1. The van der Waals surface area contributed by atoms with Crippen molar-refractivity contribution in [2.75, 3.05) is 6.61 Å². The molecule has 0 heterocycles. The summed E-state index contributed by atoms with van der Waals surface area (Å²) in [7, 11) is 0. The monoisotopic (exact) mass is 273 g/mol. The van der Waals surface area contributed by atoms with Crippen LogP contribution in [0.2, 0.25) is 5.02 Å². The van der Waals surface area contributed by atoms with Gasteiger partial charge in [0.2, 0.25) is 0 Å². The van der Waals surface area contributed by atoms with E-state index in [-0.39, 0.29) is 11.6 Å². The molecule has 1 unspecified atom stereocenters. The fourth-order valence-electron chi connectivity index (χ4n) is 1.43. The molecule has 0 radical (unpaired) electrons. The average Bonchev–Trinajstić information content (AvgIpc) is 2.27. The summed E-state index contributed by atoms with van der Waals surface area (Å²) in [5.41, 5.74) is 0.477. The third kappa shape index (κ3) is 3.38. The maximum absolute atomic E-state index is 10.9. The number of nitrogens with zero attached hydrogens (tertiary/aromatic N) is 1. The maximum atomic E-state index is 10.9. The zero-order valence-electron chi connectivity index (χ0n) is 9.47. The van der Waals surface area contributed by atoms with E-state index < -0.39 is 4.92 Å². The lowest BCUT2D eigenvalue weighted by Gasteiger charge is -2.14. The molecule has 0 aliphatic rings. The number of halogens is 1. The van der Waals surface area contributed by atoms with Gasteiger partial charge in [-0.15, -0.1) is 0 Å². The number of hydrogen-bond acceptors (Lipinski definition) is 4. The Labute approximate surface area is 110 Å². The van der Waals surface area contributed by atoms with Crippen molar-refractivity contribution in [1.82, 2.24) is 0 Å². The second-order valence-corrected chi connectivity index (χ2v) is 4.27. The van der Waals surface area contributed by atoms with Crippen molar-refractivity contribution < 1.29 is 9.66 Å². The van der Waals surface area contributed by atoms with Crippen molar-refractivity contribution in [3.8, 4) is 0 Å². The number of ether oxygens (including phenoxy) is 1. The van der Waals surface area contributed by atoms with Gasteiger partial charge in [0.05, 0.1) is 17.4 Å². The zero-order chi connectivity index (χ0) is 13.0. The number of nitro benzene ring substituents is 1. The Morgan fingerprint density at radius 2 is 2.29 bits per heavy atom. The fraction of sp³-hybridized carbons (Fsp3) is 0.364. The standard InChI is InChI=1S/C11H12ClNO3S/c1-3-16-11(17)7(2)9-6-8(12)4-5-10(9)13(14)15/h4-7H,3H2,1-2H3. The molecule has 17 heavy (non-hydrogen) atoms. The number of rotatable bonds is 4. The predicted octanol–water partition coefficient (Wildman–Crippen LogP) is 3.72. The molecular weight excluding hydrogens is 262 g/mol. The van der Waals surface area contributed by atoms with Gasteiger partial charge in [-0.3, -0.25) is 10.1 Å². The summed E-state index contributed by atoms with van der Waals surface area (Å²) < 4.78 is 5.20. The van der Waals surface area contributed by atoms with E-state index in [0.29, 0.717) is 22.2 Å². The van der Waals surface area contributed by atoms with Crippen molar-refractivity contribution in [3.63, 3.8) is 0 Å². The Morgan fingerprint density at radius 3 is 2.82 bits per heavy atom. The van der Waals surface area contributed by atoms with Crippen LogP contribution in [0.3, 0.4) is 0 Å². The zero-order valence-corrected chi connectivity index (χ0v) is 11.0. The third-order valence-electron chi connectivity index (χ3n) is 2.29. The minimum absolute atomic E-state index is 0.00366. The van der Waals surface area contributed by atoms with Gasteiger partial charge < -0.3 is 4.74 Å². The Balaban J connectivity index is 3.14. The van der Waals surface area contributed by atoms with Gasteiger partial charge in [0.25, 0.3) is 5.69 Å². The van der Waals surface area contributed by atoms with Crippen LogP contribution in [0, 0.1) is 10.1 Å². The molecule has 0 fully saturated rings. The molecule has 0 aromatic heterocycles. The molecule has 0 saturated carbocycles. The van der Waals surface area contributed by atoms with Crippen LogP contribution in [-0.4, -0.2) is 16.6 Å². The summed E-state index contributed by atoms with van der Waals surface area (Å²) in [6.07, 6.45) is 0. The second-order valence-electron chi connectivity index (χ2n) is 3.43. The molecule has 1 aromatic rings.